The molecule has 0 amide bonds. The summed E-state index contributed by atoms with van der Waals surface area (Å²) in [6.45, 7) is 10.2. The molecule has 0 fully saturated rings. The van der Waals surface area contributed by atoms with E-state index in [9.17, 15) is 0 Å². The van der Waals surface area contributed by atoms with Gasteiger partial charge in [-0.3, -0.25) is 0 Å². The Balaban J connectivity index is 1.76. The topological polar surface area (TPSA) is 47.0 Å². The highest BCUT2D eigenvalue weighted by Gasteiger charge is 2.33. The number of hydrogen-bond donors (Lipinski definition) is 1. The van der Waals surface area contributed by atoms with Crippen LogP contribution in [0.2, 0.25) is 0 Å². The fourth-order valence-corrected chi connectivity index (χ4v) is 5.32. The Kier molecular flexibility index (Phi) is 5.63. The minimum atomic E-state index is -0.108. The zero-order valence-electron chi connectivity index (χ0n) is 16.9. The molecule has 0 bridgehead atoms. The first kappa shape index (κ1) is 19.7. The summed E-state index contributed by atoms with van der Waals surface area (Å²) in [5.41, 5.74) is 2.51. The fourth-order valence-electron chi connectivity index (χ4n) is 3.45. The molecule has 3 aromatic rings. The number of aromatic nitrogens is 2. The zero-order valence-corrected chi connectivity index (χ0v) is 18.5. The average Bonchev–Trinajstić information content (AvgIpc) is 3.04. The van der Waals surface area contributed by atoms with Gasteiger partial charge < -0.3 is 10.1 Å². The summed E-state index contributed by atoms with van der Waals surface area (Å²) in [6, 6.07) is 10.5. The van der Waals surface area contributed by atoms with Gasteiger partial charge in [0.25, 0.3) is 0 Å². The number of thiophene rings is 1. The minimum Gasteiger partial charge on any atom is -0.369 e. The summed E-state index contributed by atoms with van der Waals surface area (Å²) < 4.78 is 6.17. The Morgan fingerprint density at radius 1 is 1.25 bits per heavy atom. The van der Waals surface area contributed by atoms with Crippen molar-refractivity contribution in [2.24, 2.45) is 0 Å². The van der Waals surface area contributed by atoms with Gasteiger partial charge in [0.2, 0.25) is 0 Å². The van der Waals surface area contributed by atoms with E-state index in [1.165, 1.54) is 21.4 Å². The second-order valence-electron chi connectivity index (χ2n) is 7.81. The van der Waals surface area contributed by atoms with Gasteiger partial charge in [0, 0.05) is 23.1 Å². The number of rotatable bonds is 6. The maximum atomic E-state index is 6.17. The first-order valence-corrected chi connectivity index (χ1v) is 11.6. The first-order valence-electron chi connectivity index (χ1n) is 9.88. The van der Waals surface area contributed by atoms with E-state index < -0.39 is 0 Å². The Morgan fingerprint density at radius 2 is 2.04 bits per heavy atom. The second-order valence-corrected chi connectivity index (χ2v) is 10.4. The van der Waals surface area contributed by atoms with Crippen molar-refractivity contribution in [1.82, 2.24) is 9.97 Å². The number of thioether (sulfide) groups is 1. The molecule has 4 rings (SSSR count). The van der Waals surface area contributed by atoms with E-state index in [1.807, 2.05) is 6.07 Å². The molecule has 6 heteroatoms. The van der Waals surface area contributed by atoms with E-state index >= 15 is 0 Å². The molecule has 3 heterocycles. The number of nitrogens with zero attached hydrogens (tertiary/aromatic N) is 2. The lowest BCUT2D eigenvalue weighted by Crippen LogP contribution is -2.33. The molecule has 0 radical (unpaired) electrons. The fraction of sp³-hybridized carbons (Fsp3) is 0.455. The highest BCUT2D eigenvalue weighted by atomic mass is 32.2. The molecule has 1 N–H and O–H groups in total. The summed E-state index contributed by atoms with van der Waals surface area (Å²) in [5, 5.41) is 6.08. The van der Waals surface area contributed by atoms with Crippen molar-refractivity contribution >= 4 is 39.1 Å². The van der Waals surface area contributed by atoms with Crippen LogP contribution in [0.1, 0.15) is 50.1 Å². The molecular formula is C22H27N3OS2. The lowest BCUT2D eigenvalue weighted by molar-refractivity contribution is -0.0542. The normalized spacial score (nSPS) is 19.2. The van der Waals surface area contributed by atoms with E-state index in [4.69, 9.17) is 14.7 Å². The number of hydrogen-bond acceptors (Lipinski definition) is 6. The Morgan fingerprint density at radius 3 is 2.75 bits per heavy atom. The van der Waals surface area contributed by atoms with Crippen LogP contribution in [-0.2, 0) is 24.3 Å². The predicted octanol–water partition coefficient (Wildman–Crippen LogP) is 6.05. The highest BCUT2D eigenvalue weighted by molar-refractivity contribution is 7.99. The van der Waals surface area contributed by atoms with Gasteiger partial charge in [-0.25, -0.2) is 9.97 Å². The van der Waals surface area contributed by atoms with Crippen molar-refractivity contribution < 1.29 is 4.74 Å². The Labute approximate surface area is 175 Å². The van der Waals surface area contributed by atoms with E-state index in [0.29, 0.717) is 11.9 Å². The molecular weight excluding hydrogens is 386 g/mol. The Bertz CT molecular complexity index is 971. The van der Waals surface area contributed by atoms with Gasteiger partial charge in [0.15, 0.2) is 5.16 Å². The van der Waals surface area contributed by atoms with Crippen molar-refractivity contribution in [3.8, 4) is 0 Å². The van der Waals surface area contributed by atoms with E-state index in [1.54, 1.807) is 23.1 Å². The van der Waals surface area contributed by atoms with Crippen molar-refractivity contribution in [3.05, 3.63) is 46.3 Å². The molecule has 0 saturated carbocycles. The van der Waals surface area contributed by atoms with Crippen LogP contribution in [0.4, 0.5) is 5.82 Å². The third-order valence-electron chi connectivity index (χ3n) is 5.21. The third-order valence-corrected chi connectivity index (χ3v) is 7.17. The number of benzene rings is 1. The quantitative estimate of drug-likeness (QED) is 0.394. The van der Waals surface area contributed by atoms with Crippen molar-refractivity contribution in [3.63, 3.8) is 0 Å². The molecule has 0 saturated heterocycles. The van der Waals surface area contributed by atoms with Gasteiger partial charge in [-0.15, -0.1) is 11.3 Å². The summed E-state index contributed by atoms with van der Waals surface area (Å²) in [4.78, 5) is 12.2. The molecule has 0 spiro atoms. The van der Waals surface area contributed by atoms with Gasteiger partial charge in [-0.1, -0.05) is 62.9 Å². The first-order chi connectivity index (χ1) is 13.5. The van der Waals surface area contributed by atoms with Crippen LogP contribution >= 0.6 is 23.1 Å². The van der Waals surface area contributed by atoms with E-state index in [2.05, 4.69) is 57.3 Å². The number of fused-ring (bicyclic) bond motifs is 3. The third kappa shape index (κ3) is 4.04. The van der Waals surface area contributed by atoms with E-state index in [0.717, 1.165) is 35.2 Å². The molecule has 1 aliphatic heterocycles. The Hall–Kier alpha value is -1.63. The maximum absolute atomic E-state index is 6.17. The molecule has 28 heavy (non-hydrogen) atoms. The number of anilines is 1. The largest absolute Gasteiger partial charge is 0.369 e. The van der Waals surface area contributed by atoms with Crippen molar-refractivity contribution in [1.29, 1.82) is 0 Å². The van der Waals surface area contributed by atoms with Gasteiger partial charge in [-0.05, 0) is 24.5 Å². The van der Waals surface area contributed by atoms with Crippen LogP contribution in [0.5, 0.6) is 0 Å². The molecule has 148 valence electrons. The standard InChI is InChI=1S/C22H27N3OS2/c1-5-22(4)11-16-17(13-26-22)28-20-18(16)19(24-21(25-20)27-14(2)3)23-12-15-9-7-6-8-10-15/h6-10,14H,5,11-13H2,1-4H3,(H,23,24,25). The van der Waals surface area contributed by atoms with Crippen molar-refractivity contribution in [2.45, 2.75) is 69.7 Å². The molecule has 1 aromatic carbocycles. The van der Waals surface area contributed by atoms with E-state index in [-0.39, 0.29) is 5.60 Å². The van der Waals surface area contributed by atoms with Crippen LogP contribution < -0.4 is 5.32 Å². The van der Waals surface area contributed by atoms with Crippen LogP contribution in [-0.4, -0.2) is 20.8 Å². The van der Waals surface area contributed by atoms with Gasteiger partial charge >= 0.3 is 0 Å². The molecule has 0 aliphatic carbocycles. The van der Waals surface area contributed by atoms with Crippen LogP contribution in [0.25, 0.3) is 10.2 Å². The van der Waals surface area contributed by atoms with Crippen molar-refractivity contribution in [2.75, 3.05) is 5.32 Å². The monoisotopic (exact) mass is 413 g/mol. The molecule has 1 atom stereocenters. The van der Waals surface area contributed by atoms with Crippen LogP contribution in [0.15, 0.2) is 35.5 Å². The van der Waals surface area contributed by atoms with Gasteiger partial charge in [0.1, 0.15) is 10.6 Å². The zero-order chi connectivity index (χ0) is 19.7. The maximum Gasteiger partial charge on any atom is 0.191 e. The number of ether oxygens (including phenoxy) is 1. The van der Waals surface area contributed by atoms with Gasteiger partial charge in [-0.2, -0.15) is 0 Å². The molecule has 2 aromatic heterocycles. The smallest absolute Gasteiger partial charge is 0.191 e. The average molecular weight is 414 g/mol. The number of nitrogens with one attached hydrogen (secondary N) is 1. The summed E-state index contributed by atoms with van der Waals surface area (Å²) in [6.07, 6.45) is 1.91. The second kappa shape index (κ2) is 8.01. The molecule has 1 aliphatic rings. The summed E-state index contributed by atoms with van der Waals surface area (Å²) in [5.74, 6) is 0.954. The van der Waals surface area contributed by atoms with Crippen LogP contribution in [0, 0.1) is 0 Å². The molecule has 1 unspecified atom stereocenters. The minimum absolute atomic E-state index is 0.108. The lowest BCUT2D eigenvalue weighted by Gasteiger charge is -2.33. The summed E-state index contributed by atoms with van der Waals surface area (Å²) >= 11 is 3.47. The van der Waals surface area contributed by atoms with Gasteiger partial charge in [0.05, 0.1) is 17.6 Å². The van der Waals surface area contributed by atoms with Crippen LogP contribution in [0.3, 0.4) is 0 Å². The highest BCUT2D eigenvalue weighted by Crippen LogP contribution is 2.42. The molecule has 4 nitrogen and oxygen atoms in total. The summed E-state index contributed by atoms with van der Waals surface area (Å²) in [7, 11) is 0. The lowest BCUT2D eigenvalue weighted by atomic mass is 9.90. The SMILES string of the molecule is CCC1(C)Cc2c(sc3nc(SC(C)C)nc(NCc4ccccc4)c23)CO1. The predicted molar refractivity (Wildman–Crippen MR) is 119 cm³/mol.